The Morgan fingerprint density at radius 3 is 2.77 bits per heavy atom. The van der Waals surface area contributed by atoms with E-state index in [1.54, 1.807) is 0 Å². The van der Waals surface area contributed by atoms with Gasteiger partial charge in [-0.05, 0) is 54.7 Å². The van der Waals surface area contributed by atoms with Crippen LogP contribution in [0.2, 0.25) is 5.02 Å². The lowest BCUT2D eigenvalue weighted by Crippen LogP contribution is -2.09. The highest BCUT2D eigenvalue weighted by atomic mass is 35.5. The molecule has 0 amide bonds. The molecule has 1 aromatic heterocycles. The zero-order valence-corrected chi connectivity index (χ0v) is 19.1. The lowest BCUT2D eigenvalue weighted by Gasteiger charge is -2.14. The zero-order chi connectivity index (χ0) is 25.0. The van der Waals surface area contributed by atoms with Gasteiger partial charge in [0, 0.05) is 24.7 Å². The van der Waals surface area contributed by atoms with Crippen LogP contribution in [0.15, 0.2) is 47.7 Å². The van der Waals surface area contributed by atoms with Gasteiger partial charge >= 0.3 is 6.18 Å². The standard InChI is InChI=1S/C24H21ClF4N4O2/c25-19-11-16(15-3-1-5-18(10-15)24(27,28)29)9-17(22(19)34)12-31-33-23-30-13-20(26)21(32-23)14-4-2-7-35-8-6-14/h1,3,5,9-14,34H,2,4,6-8H2,(H,30,32,33)/b31-12-. The summed E-state index contributed by atoms with van der Waals surface area (Å²) < 4.78 is 59.0. The number of ether oxygens (including phenoxy) is 1. The molecular formula is C24H21ClF4N4O2. The summed E-state index contributed by atoms with van der Waals surface area (Å²) in [6.07, 6.45) is -0.0184. The fraction of sp³-hybridized carbons (Fsp3) is 0.292. The highest BCUT2D eigenvalue weighted by Crippen LogP contribution is 2.36. The number of phenolic OH excluding ortho intramolecular Hbond substituents is 1. The predicted molar refractivity (Wildman–Crippen MR) is 124 cm³/mol. The van der Waals surface area contributed by atoms with Crippen LogP contribution in [0.3, 0.4) is 0 Å². The second-order valence-corrected chi connectivity index (χ2v) is 8.42. The Labute approximate surface area is 203 Å². The van der Waals surface area contributed by atoms with Crippen molar-refractivity contribution in [3.05, 3.63) is 70.3 Å². The number of phenols is 1. The number of nitrogens with zero attached hydrogens (tertiary/aromatic N) is 3. The maximum Gasteiger partial charge on any atom is 0.416 e. The van der Waals surface area contributed by atoms with Crippen LogP contribution in [-0.4, -0.2) is 34.5 Å². The summed E-state index contributed by atoms with van der Waals surface area (Å²) in [4.78, 5) is 8.13. The summed E-state index contributed by atoms with van der Waals surface area (Å²) in [6.45, 7) is 1.15. The van der Waals surface area contributed by atoms with Gasteiger partial charge in [-0.3, -0.25) is 0 Å². The molecule has 6 nitrogen and oxygen atoms in total. The van der Waals surface area contributed by atoms with E-state index in [0.29, 0.717) is 25.2 Å². The van der Waals surface area contributed by atoms with Gasteiger partial charge in [-0.15, -0.1) is 0 Å². The van der Waals surface area contributed by atoms with Crippen LogP contribution in [0.25, 0.3) is 11.1 Å². The first-order chi connectivity index (χ1) is 16.7. The molecule has 2 N–H and O–H groups in total. The van der Waals surface area contributed by atoms with Gasteiger partial charge in [0.25, 0.3) is 0 Å². The Morgan fingerprint density at radius 2 is 1.97 bits per heavy atom. The molecule has 11 heteroatoms. The van der Waals surface area contributed by atoms with Crippen LogP contribution in [0.1, 0.15) is 42.0 Å². The van der Waals surface area contributed by atoms with Gasteiger partial charge in [0.1, 0.15) is 5.75 Å². The Bertz CT molecular complexity index is 1230. The molecule has 0 radical (unpaired) electrons. The number of rotatable bonds is 5. The smallest absolute Gasteiger partial charge is 0.416 e. The van der Waals surface area contributed by atoms with Gasteiger partial charge in [0.2, 0.25) is 5.95 Å². The van der Waals surface area contributed by atoms with E-state index in [2.05, 4.69) is 20.5 Å². The molecule has 3 aromatic rings. The van der Waals surface area contributed by atoms with Crippen LogP contribution in [0.5, 0.6) is 5.75 Å². The van der Waals surface area contributed by atoms with E-state index in [1.807, 2.05) is 0 Å². The van der Waals surface area contributed by atoms with Gasteiger partial charge in [-0.1, -0.05) is 23.7 Å². The summed E-state index contributed by atoms with van der Waals surface area (Å²) in [5.74, 6) is -0.851. The minimum atomic E-state index is -4.50. The Kier molecular flexibility index (Phi) is 7.51. The molecule has 1 fully saturated rings. The van der Waals surface area contributed by atoms with Gasteiger partial charge in [-0.25, -0.2) is 19.8 Å². The summed E-state index contributed by atoms with van der Waals surface area (Å²) in [5, 5.41) is 14.2. The molecule has 2 heterocycles. The fourth-order valence-corrected chi connectivity index (χ4v) is 4.04. The lowest BCUT2D eigenvalue weighted by molar-refractivity contribution is -0.137. The second kappa shape index (κ2) is 10.6. The molecule has 1 atom stereocenters. The Balaban J connectivity index is 1.56. The third-order valence-corrected chi connectivity index (χ3v) is 5.88. The molecule has 1 unspecified atom stereocenters. The first-order valence-electron chi connectivity index (χ1n) is 10.8. The fourth-order valence-electron chi connectivity index (χ4n) is 3.82. The molecule has 0 saturated carbocycles. The van der Waals surface area contributed by atoms with E-state index in [0.717, 1.165) is 31.2 Å². The van der Waals surface area contributed by atoms with E-state index in [9.17, 15) is 22.7 Å². The van der Waals surface area contributed by atoms with E-state index in [4.69, 9.17) is 16.3 Å². The van der Waals surface area contributed by atoms with Crippen molar-refractivity contribution in [2.24, 2.45) is 5.10 Å². The molecule has 0 aliphatic carbocycles. The van der Waals surface area contributed by atoms with Crippen molar-refractivity contribution in [3.8, 4) is 16.9 Å². The summed E-state index contributed by atoms with van der Waals surface area (Å²) >= 11 is 6.10. The number of aromatic nitrogens is 2. The maximum absolute atomic E-state index is 14.3. The Hall–Kier alpha value is -3.24. The van der Waals surface area contributed by atoms with Crippen molar-refractivity contribution in [1.82, 2.24) is 9.97 Å². The first-order valence-corrected chi connectivity index (χ1v) is 11.2. The molecule has 4 rings (SSSR count). The molecule has 184 valence electrons. The number of halogens is 5. The van der Waals surface area contributed by atoms with Crippen LogP contribution >= 0.6 is 11.6 Å². The van der Waals surface area contributed by atoms with Crippen molar-refractivity contribution >= 4 is 23.8 Å². The number of benzene rings is 2. The molecule has 0 bridgehead atoms. The highest BCUT2D eigenvalue weighted by Gasteiger charge is 2.30. The summed E-state index contributed by atoms with van der Waals surface area (Å²) in [5.41, 5.74) is 2.85. The number of nitrogens with one attached hydrogen (secondary N) is 1. The number of hydrazone groups is 1. The number of alkyl halides is 3. The monoisotopic (exact) mass is 508 g/mol. The Morgan fingerprint density at radius 1 is 1.14 bits per heavy atom. The second-order valence-electron chi connectivity index (χ2n) is 8.01. The molecule has 0 spiro atoms. The van der Waals surface area contributed by atoms with Crippen molar-refractivity contribution in [2.75, 3.05) is 18.6 Å². The third kappa shape index (κ3) is 6.07. The topological polar surface area (TPSA) is 79.6 Å². The average Bonchev–Trinajstić information content (AvgIpc) is 3.12. The number of anilines is 1. The quantitative estimate of drug-likeness (QED) is 0.237. The number of hydrogen-bond donors (Lipinski definition) is 2. The van der Waals surface area contributed by atoms with Crippen molar-refractivity contribution in [2.45, 2.75) is 31.4 Å². The molecule has 1 saturated heterocycles. The third-order valence-electron chi connectivity index (χ3n) is 5.59. The van der Waals surface area contributed by atoms with E-state index < -0.39 is 17.6 Å². The minimum Gasteiger partial charge on any atom is -0.506 e. The van der Waals surface area contributed by atoms with Crippen molar-refractivity contribution in [1.29, 1.82) is 0 Å². The molecule has 1 aliphatic rings. The summed E-state index contributed by atoms with van der Waals surface area (Å²) in [7, 11) is 0. The van der Waals surface area contributed by atoms with E-state index in [1.165, 1.54) is 30.5 Å². The van der Waals surface area contributed by atoms with Crippen molar-refractivity contribution < 1.29 is 27.4 Å². The maximum atomic E-state index is 14.3. The first kappa shape index (κ1) is 24.9. The van der Waals surface area contributed by atoms with Crippen LogP contribution in [-0.2, 0) is 10.9 Å². The summed E-state index contributed by atoms with van der Waals surface area (Å²) in [6, 6.07) is 7.57. The van der Waals surface area contributed by atoms with Crippen LogP contribution < -0.4 is 5.43 Å². The molecule has 2 aromatic carbocycles. The molecular weight excluding hydrogens is 488 g/mol. The van der Waals surface area contributed by atoms with E-state index in [-0.39, 0.29) is 39.5 Å². The van der Waals surface area contributed by atoms with Crippen molar-refractivity contribution in [3.63, 3.8) is 0 Å². The molecule has 1 aliphatic heterocycles. The largest absolute Gasteiger partial charge is 0.506 e. The van der Waals surface area contributed by atoms with Gasteiger partial charge in [0.05, 0.1) is 28.7 Å². The zero-order valence-electron chi connectivity index (χ0n) is 18.3. The van der Waals surface area contributed by atoms with E-state index >= 15 is 0 Å². The SMILES string of the molecule is Oc1c(Cl)cc(-c2cccc(C(F)(F)F)c2)cc1/C=N\Nc1ncc(F)c(C2CCCOCC2)n1. The normalized spacial score (nSPS) is 16.9. The average molecular weight is 509 g/mol. The number of hydrogen-bond acceptors (Lipinski definition) is 6. The predicted octanol–water partition coefficient (Wildman–Crippen LogP) is 6.39. The highest BCUT2D eigenvalue weighted by molar-refractivity contribution is 6.32. The van der Waals surface area contributed by atoms with Gasteiger partial charge in [0.15, 0.2) is 5.82 Å². The molecule has 35 heavy (non-hydrogen) atoms. The van der Waals surface area contributed by atoms with Gasteiger partial charge in [-0.2, -0.15) is 18.3 Å². The van der Waals surface area contributed by atoms with Crippen LogP contribution in [0, 0.1) is 5.82 Å². The van der Waals surface area contributed by atoms with Gasteiger partial charge < -0.3 is 9.84 Å². The van der Waals surface area contributed by atoms with Crippen LogP contribution in [0.4, 0.5) is 23.5 Å². The minimum absolute atomic E-state index is 0.0578. The number of aromatic hydroxyl groups is 1. The lowest BCUT2D eigenvalue weighted by atomic mass is 9.96.